The van der Waals surface area contributed by atoms with Crippen molar-refractivity contribution in [2.45, 2.75) is 11.8 Å². The van der Waals surface area contributed by atoms with Crippen LogP contribution in [0.1, 0.15) is 5.56 Å². The summed E-state index contributed by atoms with van der Waals surface area (Å²) >= 11 is 0. The molecule has 0 N–H and O–H groups in total. The molecule has 108 valence electrons. The lowest BCUT2D eigenvalue weighted by molar-refractivity contribution is 0.418. The van der Waals surface area contributed by atoms with Crippen molar-refractivity contribution in [3.63, 3.8) is 0 Å². The summed E-state index contributed by atoms with van der Waals surface area (Å²) in [5.41, 5.74) is 1.50. The van der Waals surface area contributed by atoms with Crippen LogP contribution in [0.15, 0.2) is 53.8 Å². The van der Waals surface area contributed by atoms with E-state index in [2.05, 4.69) is 4.98 Å². The maximum Gasteiger partial charge on any atom is 0.268 e. The van der Waals surface area contributed by atoms with Crippen molar-refractivity contribution in [2.75, 3.05) is 7.11 Å². The summed E-state index contributed by atoms with van der Waals surface area (Å²) in [6.07, 6.45) is 4.60. The summed E-state index contributed by atoms with van der Waals surface area (Å²) in [5, 5.41) is 0.711. The first-order chi connectivity index (χ1) is 10.0. The minimum Gasteiger partial charge on any atom is -0.494 e. The normalized spacial score (nSPS) is 11.7. The molecule has 1 aromatic carbocycles. The van der Waals surface area contributed by atoms with Gasteiger partial charge in [-0.05, 0) is 25.1 Å². The first-order valence-corrected chi connectivity index (χ1v) is 7.79. The van der Waals surface area contributed by atoms with E-state index in [0.717, 1.165) is 5.56 Å². The third-order valence-corrected chi connectivity index (χ3v) is 5.05. The number of pyridine rings is 1. The maximum atomic E-state index is 12.7. The molecule has 0 aliphatic heterocycles. The fourth-order valence-electron chi connectivity index (χ4n) is 2.20. The van der Waals surface area contributed by atoms with E-state index in [1.54, 1.807) is 36.5 Å². The summed E-state index contributed by atoms with van der Waals surface area (Å²) in [6, 6.07) is 8.46. The van der Waals surface area contributed by atoms with Crippen molar-refractivity contribution in [1.29, 1.82) is 0 Å². The van der Waals surface area contributed by atoms with Gasteiger partial charge in [-0.15, -0.1) is 0 Å². The topological polar surface area (TPSA) is 61.2 Å². The molecule has 0 fully saturated rings. The van der Waals surface area contributed by atoms with E-state index in [-0.39, 0.29) is 4.90 Å². The number of rotatable bonds is 3. The molecule has 0 radical (unpaired) electrons. The van der Waals surface area contributed by atoms with E-state index >= 15 is 0 Å². The van der Waals surface area contributed by atoms with Gasteiger partial charge in [-0.2, -0.15) is 0 Å². The Bertz CT molecular complexity index is 896. The Balaban J connectivity index is 2.22. The molecular weight excluding hydrogens is 288 g/mol. The van der Waals surface area contributed by atoms with Gasteiger partial charge in [0, 0.05) is 11.6 Å². The van der Waals surface area contributed by atoms with Crippen molar-refractivity contribution in [1.82, 2.24) is 8.96 Å². The molecule has 2 aromatic heterocycles. The molecule has 0 atom stereocenters. The number of nitrogens with zero attached hydrogens (tertiary/aromatic N) is 2. The average molecular weight is 302 g/mol. The lowest BCUT2D eigenvalue weighted by atomic mass is 10.2. The Kier molecular flexibility index (Phi) is 3.17. The minimum absolute atomic E-state index is 0.244. The van der Waals surface area contributed by atoms with Crippen LogP contribution in [0, 0.1) is 6.92 Å². The van der Waals surface area contributed by atoms with Gasteiger partial charge < -0.3 is 4.74 Å². The Morgan fingerprint density at radius 2 is 1.81 bits per heavy atom. The second-order valence-corrected chi connectivity index (χ2v) is 6.52. The monoisotopic (exact) mass is 302 g/mol. The number of aryl methyl sites for hydroxylation is 1. The Hall–Kier alpha value is -2.34. The summed E-state index contributed by atoms with van der Waals surface area (Å²) in [4.78, 5) is 4.27. The largest absolute Gasteiger partial charge is 0.494 e. The van der Waals surface area contributed by atoms with Crippen LogP contribution in [-0.2, 0) is 10.0 Å². The third kappa shape index (κ3) is 2.17. The zero-order valence-electron chi connectivity index (χ0n) is 11.6. The van der Waals surface area contributed by atoms with E-state index < -0.39 is 10.0 Å². The summed E-state index contributed by atoms with van der Waals surface area (Å²) in [5.74, 6) is 0.547. The highest BCUT2D eigenvalue weighted by Gasteiger charge is 2.19. The Morgan fingerprint density at radius 1 is 1.10 bits per heavy atom. The highest BCUT2D eigenvalue weighted by Crippen LogP contribution is 2.27. The predicted octanol–water partition coefficient (Wildman–Crippen LogP) is 2.59. The molecule has 5 nitrogen and oxygen atoms in total. The standard InChI is InChI=1S/C15H14N2O3S/c1-11-3-5-12(6-4-11)21(18,19)17-8-7-13-14(17)9-16-10-15(13)20-2/h3-10H,1-2H3. The van der Waals surface area contributed by atoms with Crippen LogP contribution in [0.3, 0.4) is 0 Å². The van der Waals surface area contributed by atoms with Gasteiger partial charge in [-0.1, -0.05) is 17.7 Å². The van der Waals surface area contributed by atoms with E-state index in [1.165, 1.54) is 23.5 Å². The number of benzene rings is 1. The van der Waals surface area contributed by atoms with E-state index in [1.807, 2.05) is 6.92 Å². The van der Waals surface area contributed by atoms with Gasteiger partial charge in [0.1, 0.15) is 5.75 Å². The van der Waals surface area contributed by atoms with Crippen molar-refractivity contribution >= 4 is 20.9 Å². The highest BCUT2D eigenvalue weighted by atomic mass is 32.2. The number of hydrogen-bond donors (Lipinski definition) is 0. The lowest BCUT2D eigenvalue weighted by Gasteiger charge is -2.08. The second kappa shape index (κ2) is 4.89. The lowest BCUT2D eigenvalue weighted by Crippen LogP contribution is -2.11. The molecule has 0 amide bonds. The molecule has 3 aromatic rings. The first-order valence-electron chi connectivity index (χ1n) is 6.35. The van der Waals surface area contributed by atoms with Gasteiger partial charge in [-0.3, -0.25) is 4.98 Å². The average Bonchev–Trinajstić information content (AvgIpc) is 2.92. The predicted molar refractivity (Wildman–Crippen MR) is 80.0 cm³/mol. The van der Waals surface area contributed by atoms with E-state index in [9.17, 15) is 8.42 Å². The van der Waals surface area contributed by atoms with Crippen molar-refractivity contribution in [2.24, 2.45) is 0 Å². The molecule has 0 saturated carbocycles. The van der Waals surface area contributed by atoms with Crippen LogP contribution < -0.4 is 4.74 Å². The fourth-order valence-corrected chi connectivity index (χ4v) is 3.54. The Morgan fingerprint density at radius 3 is 2.48 bits per heavy atom. The van der Waals surface area contributed by atoms with Gasteiger partial charge in [0.05, 0.1) is 29.9 Å². The molecule has 6 heteroatoms. The number of hydrogen-bond acceptors (Lipinski definition) is 4. The zero-order valence-corrected chi connectivity index (χ0v) is 12.5. The number of methoxy groups -OCH3 is 1. The molecule has 2 heterocycles. The minimum atomic E-state index is -3.64. The molecule has 3 rings (SSSR count). The first kappa shape index (κ1) is 13.6. The number of ether oxygens (including phenoxy) is 1. The van der Waals surface area contributed by atoms with Crippen molar-refractivity contribution < 1.29 is 13.2 Å². The summed E-state index contributed by atoms with van der Waals surface area (Å²) < 4.78 is 31.9. The Labute approximate surface area is 122 Å². The second-order valence-electron chi connectivity index (χ2n) is 4.70. The van der Waals surface area contributed by atoms with Crippen LogP contribution in [0.25, 0.3) is 10.9 Å². The van der Waals surface area contributed by atoms with Crippen molar-refractivity contribution in [3.8, 4) is 5.75 Å². The summed E-state index contributed by atoms with van der Waals surface area (Å²) in [6.45, 7) is 1.91. The molecule has 0 saturated heterocycles. The molecule has 0 bridgehead atoms. The molecule has 21 heavy (non-hydrogen) atoms. The third-order valence-electron chi connectivity index (χ3n) is 3.34. The molecule has 0 aliphatic carbocycles. The van der Waals surface area contributed by atoms with E-state index in [0.29, 0.717) is 16.7 Å². The maximum absolute atomic E-state index is 12.7. The van der Waals surface area contributed by atoms with Gasteiger partial charge in [0.25, 0.3) is 10.0 Å². The number of aromatic nitrogens is 2. The van der Waals surface area contributed by atoms with Gasteiger partial charge >= 0.3 is 0 Å². The van der Waals surface area contributed by atoms with Crippen LogP contribution >= 0.6 is 0 Å². The zero-order chi connectivity index (χ0) is 15.0. The van der Waals surface area contributed by atoms with Crippen LogP contribution in [-0.4, -0.2) is 24.5 Å². The highest BCUT2D eigenvalue weighted by molar-refractivity contribution is 7.90. The van der Waals surface area contributed by atoms with Crippen LogP contribution in [0.4, 0.5) is 0 Å². The van der Waals surface area contributed by atoms with E-state index in [4.69, 9.17) is 4.74 Å². The quantitative estimate of drug-likeness (QED) is 0.746. The number of fused-ring (bicyclic) bond motifs is 1. The van der Waals surface area contributed by atoms with Gasteiger partial charge in [-0.25, -0.2) is 12.4 Å². The van der Waals surface area contributed by atoms with Crippen LogP contribution in [0.5, 0.6) is 5.75 Å². The van der Waals surface area contributed by atoms with Gasteiger partial charge in [0.2, 0.25) is 0 Å². The molecular formula is C15H14N2O3S. The van der Waals surface area contributed by atoms with Crippen LogP contribution in [0.2, 0.25) is 0 Å². The SMILES string of the molecule is COc1cncc2c1ccn2S(=O)(=O)c1ccc(C)cc1. The van der Waals surface area contributed by atoms with Gasteiger partial charge in [0.15, 0.2) is 0 Å². The fraction of sp³-hybridized carbons (Fsp3) is 0.133. The molecule has 0 aliphatic rings. The van der Waals surface area contributed by atoms with Crippen molar-refractivity contribution in [3.05, 3.63) is 54.5 Å². The molecule has 0 spiro atoms. The molecule has 0 unspecified atom stereocenters. The summed E-state index contributed by atoms with van der Waals surface area (Å²) in [7, 11) is -2.11. The smallest absolute Gasteiger partial charge is 0.268 e.